The van der Waals surface area contributed by atoms with Crippen molar-refractivity contribution in [3.8, 4) is 21.9 Å². The van der Waals surface area contributed by atoms with Gasteiger partial charge in [0.25, 0.3) is 5.56 Å². The average Bonchev–Trinajstić information content (AvgIpc) is 3.16. The topological polar surface area (TPSA) is 53.4 Å². The van der Waals surface area contributed by atoms with Gasteiger partial charge in [0.15, 0.2) is 17.6 Å². The molecule has 27 heavy (non-hydrogen) atoms. The van der Waals surface area contributed by atoms with E-state index in [9.17, 15) is 4.79 Å². The van der Waals surface area contributed by atoms with Gasteiger partial charge in [0.1, 0.15) is 11.4 Å². The monoisotopic (exact) mass is 376 g/mol. The van der Waals surface area contributed by atoms with Crippen LogP contribution in [0.2, 0.25) is 0 Å². The summed E-state index contributed by atoms with van der Waals surface area (Å²) in [6, 6.07) is 19.5. The standard InChI is InChI=1S/C21H16N2O3S/c24-21-16-10-19(14-6-2-1-3-7-14)27-20(16)22-13-23(21)11-15-12-25-17-8-4-5-9-18(17)26-15/h1-10,13,15H,11-12H2/t15-/m1/s1. The van der Waals surface area contributed by atoms with Gasteiger partial charge < -0.3 is 9.47 Å². The number of thiophene rings is 1. The Kier molecular flexibility index (Phi) is 3.90. The van der Waals surface area contributed by atoms with E-state index in [0.29, 0.717) is 24.3 Å². The second-order valence-corrected chi connectivity index (χ2v) is 7.43. The number of hydrogen-bond donors (Lipinski definition) is 0. The van der Waals surface area contributed by atoms with E-state index < -0.39 is 0 Å². The molecule has 0 radical (unpaired) electrons. The number of para-hydroxylation sites is 2. The molecule has 0 aliphatic carbocycles. The third kappa shape index (κ3) is 2.98. The van der Waals surface area contributed by atoms with Crippen molar-refractivity contribution < 1.29 is 9.47 Å². The summed E-state index contributed by atoms with van der Waals surface area (Å²) in [5, 5.41) is 0.637. The van der Waals surface area contributed by atoms with Crippen molar-refractivity contribution in [3.05, 3.63) is 77.3 Å². The number of aromatic nitrogens is 2. The van der Waals surface area contributed by atoms with Crippen molar-refractivity contribution in [1.82, 2.24) is 9.55 Å². The lowest BCUT2D eigenvalue weighted by molar-refractivity contribution is 0.0777. The van der Waals surface area contributed by atoms with E-state index in [2.05, 4.69) is 4.98 Å². The first-order valence-electron chi connectivity index (χ1n) is 8.71. The van der Waals surface area contributed by atoms with Gasteiger partial charge in [-0.2, -0.15) is 0 Å². The fraction of sp³-hybridized carbons (Fsp3) is 0.143. The maximum Gasteiger partial charge on any atom is 0.262 e. The lowest BCUT2D eigenvalue weighted by Gasteiger charge is -2.26. The van der Waals surface area contributed by atoms with Crippen molar-refractivity contribution in [2.75, 3.05) is 6.61 Å². The number of benzene rings is 2. The fourth-order valence-electron chi connectivity index (χ4n) is 3.21. The van der Waals surface area contributed by atoms with Crippen molar-refractivity contribution in [2.24, 2.45) is 0 Å². The van der Waals surface area contributed by atoms with Gasteiger partial charge in [-0.05, 0) is 23.8 Å². The summed E-state index contributed by atoms with van der Waals surface area (Å²) in [6.07, 6.45) is 1.36. The van der Waals surface area contributed by atoms with Crippen LogP contribution in [0.1, 0.15) is 0 Å². The Morgan fingerprint density at radius 2 is 1.85 bits per heavy atom. The van der Waals surface area contributed by atoms with Crippen LogP contribution in [-0.4, -0.2) is 22.3 Å². The van der Waals surface area contributed by atoms with Crippen LogP contribution in [-0.2, 0) is 6.54 Å². The highest BCUT2D eigenvalue weighted by molar-refractivity contribution is 7.21. The van der Waals surface area contributed by atoms with E-state index in [1.807, 2.05) is 60.7 Å². The van der Waals surface area contributed by atoms with E-state index in [4.69, 9.17) is 9.47 Å². The zero-order chi connectivity index (χ0) is 18.2. The molecule has 0 spiro atoms. The molecular weight excluding hydrogens is 360 g/mol. The maximum atomic E-state index is 12.9. The molecule has 5 rings (SSSR count). The normalized spacial score (nSPS) is 15.8. The van der Waals surface area contributed by atoms with Crippen molar-refractivity contribution in [1.29, 1.82) is 0 Å². The lowest BCUT2D eigenvalue weighted by atomic mass is 10.2. The summed E-state index contributed by atoms with van der Waals surface area (Å²) >= 11 is 1.53. The minimum atomic E-state index is -0.232. The number of ether oxygens (including phenoxy) is 2. The van der Waals surface area contributed by atoms with Crippen LogP contribution in [0.5, 0.6) is 11.5 Å². The summed E-state index contributed by atoms with van der Waals surface area (Å²) in [5.74, 6) is 1.44. The Labute approximate surface area is 159 Å². The molecule has 0 N–H and O–H groups in total. The summed E-state index contributed by atoms with van der Waals surface area (Å²) < 4.78 is 13.3. The van der Waals surface area contributed by atoms with Crippen LogP contribution in [0, 0.1) is 0 Å². The molecule has 4 aromatic rings. The molecule has 134 valence electrons. The summed E-state index contributed by atoms with van der Waals surface area (Å²) in [6.45, 7) is 0.799. The van der Waals surface area contributed by atoms with Gasteiger partial charge in [-0.3, -0.25) is 9.36 Å². The minimum Gasteiger partial charge on any atom is -0.486 e. The molecule has 1 aliphatic heterocycles. The predicted molar refractivity (Wildman–Crippen MR) is 106 cm³/mol. The largest absolute Gasteiger partial charge is 0.486 e. The number of hydrogen-bond acceptors (Lipinski definition) is 5. The highest BCUT2D eigenvalue weighted by atomic mass is 32.1. The van der Waals surface area contributed by atoms with Gasteiger partial charge in [-0.15, -0.1) is 11.3 Å². The molecule has 3 heterocycles. The maximum absolute atomic E-state index is 12.9. The van der Waals surface area contributed by atoms with E-state index in [0.717, 1.165) is 21.0 Å². The summed E-state index contributed by atoms with van der Waals surface area (Å²) in [4.78, 5) is 19.2. The van der Waals surface area contributed by atoms with Gasteiger partial charge in [0.2, 0.25) is 0 Å². The van der Waals surface area contributed by atoms with Crippen molar-refractivity contribution in [3.63, 3.8) is 0 Å². The van der Waals surface area contributed by atoms with Crippen LogP contribution >= 0.6 is 11.3 Å². The van der Waals surface area contributed by atoms with Crippen molar-refractivity contribution >= 4 is 21.6 Å². The Morgan fingerprint density at radius 3 is 2.70 bits per heavy atom. The third-order valence-electron chi connectivity index (χ3n) is 4.54. The van der Waals surface area contributed by atoms with Gasteiger partial charge in [0, 0.05) is 4.88 Å². The lowest BCUT2D eigenvalue weighted by Crippen LogP contribution is -2.36. The van der Waals surface area contributed by atoms with E-state index in [1.54, 1.807) is 10.9 Å². The van der Waals surface area contributed by atoms with Crippen molar-refractivity contribution in [2.45, 2.75) is 12.6 Å². The zero-order valence-corrected chi connectivity index (χ0v) is 15.2. The average molecular weight is 376 g/mol. The van der Waals surface area contributed by atoms with E-state index in [-0.39, 0.29) is 11.7 Å². The summed E-state index contributed by atoms with van der Waals surface area (Å²) in [5.41, 5.74) is 1.04. The first-order chi connectivity index (χ1) is 13.3. The zero-order valence-electron chi connectivity index (χ0n) is 14.4. The molecular formula is C21H16N2O3S. The Morgan fingerprint density at radius 1 is 1.07 bits per heavy atom. The van der Waals surface area contributed by atoms with Crippen LogP contribution in [0.4, 0.5) is 0 Å². The quantitative estimate of drug-likeness (QED) is 0.543. The fourth-order valence-corrected chi connectivity index (χ4v) is 4.20. The van der Waals surface area contributed by atoms with E-state index in [1.165, 1.54) is 11.3 Å². The van der Waals surface area contributed by atoms with Crippen LogP contribution in [0.15, 0.2) is 71.8 Å². The second kappa shape index (κ2) is 6.55. The first kappa shape index (κ1) is 16.1. The SMILES string of the molecule is O=c1c2cc(-c3ccccc3)sc2ncn1C[C@@H]1COc2ccccc2O1. The van der Waals surface area contributed by atoms with E-state index >= 15 is 0 Å². The second-order valence-electron chi connectivity index (χ2n) is 6.40. The molecule has 2 aromatic heterocycles. The van der Waals surface area contributed by atoms with Crippen LogP contribution < -0.4 is 15.0 Å². The number of rotatable bonds is 3. The number of fused-ring (bicyclic) bond motifs is 2. The third-order valence-corrected chi connectivity index (χ3v) is 5.64. The molecule has 0 saturated heterocycles. The Hall–Kier alpha value is -3.12. The molecule has 0 amide bonds. The first-order valence-corrected chi connectivity index (χ1v) is 9.52. The predicted octanol–water partition coefficient (Wildman–Crippen LogP) is 3.97. The van der Waals surface area contributed by atoms with Gasteiger partial charge in [-0.1, -0.05) is 42.5 Å². The molecule has 0 saturated carbocycles. The molecule has 6 heteroatoms. The number of nitrogens with zero attached hydrogens (tertiary/aromatic N) is 2. The molecule has 2 aromatic carbocycles. The Balaban J connectivity index is 1.45. The highest BCUT2D eigenvalue weighted by Crippen LogP contribution is 2.32. The minimum absolute atomic E-state index is 0.0547. The molecule has 0 fully saturated rings. The molecule has 5 nitrogen and oxygen atoms in total. The highest BCUT2D eigenvalue weighted by Gasteiger charge is 2.22. The molecule has 1 atom stereocenters. The summed E-state index contributed by atoms with van der Waals surface area (Å²) in [7, 11) is 0. The van der Waals surface area contributed by atoms with Crippen LogP contribution in [0.25, 0.3) is 20.7 Å². The molecule has 0 bridgehead atoms. The van der Waals surface area contributed by atoms with Gasteiger partial charge in [-0.25, -0.2) is 4.98 Å². The van der Waals surface area contributed by atoms with Gasteiger partial charge >= 0.3 is 0 Å². The van der Waals surface area contributed by atoms with Crippen LogP contribution in [0.3, 0.4) is 0 Å². The molecule has 1 aliphatic rings. The molecule has 0 unspecified atom stereocenters. The van der Waals surface area contributed by atoms with Gasteiger partial charge in [0.05, 0.1) is 18.3 Å². The smallest absolute Gasteiger partial charge is 0.262 e. The Bertz CT molecular complexity index is 1170.